The summed E-state index contributed by atoms with van der Waals surface area (Å²) < 4.78 is 0. The van der Waals surface area contributed by atoms with Crippen molar-refractivity contribution in [3.05, 3.63) is 30.1 Å². The van der Waals surface area contributed by atoms with Crippen LogP contribution in [0.5, 0.6) is 0 Å². The maximum atomic E-state index is 9.58. The van der Waals surface area contributed by atoms with Gasteiger partial charge in [-0.1, -0.05) is 18.9 Å². The van der Waals surface area contributed by atoms with Gasteiger partial charge in [-0.25, -0.2) is 0 Å². The molecule has 1 aliphatic rings. The summed E-state index contributed by atoms with van der Waals surface area (Å²) in [5.74, 6) is 0.237. The first-order valence-corrected chi connectivity index (χ1v) is 8.74. The first-order chi connectivity index (χ1) is 10.8. The van der Waals surface area contributed by atoms with Gasteiger partial charge >= 0.3 is 0 Å². The van der Waals surface area contributed by atoms with Crippen LogP contribution in [0, 0.1) is 5.92 Å². The highest BCUT2D eigenvalue weighted by atomic mass is 16.3. The van der Waals surface area contributed by atoms with E-state index >= 15 is 0 Å². The molecule has 2 N–H and O–H groups in total. The van der Waals surface area contributed by atoms with Crippen LogP contribution in [0.4, 0.5) is 0 Å². The molecule has 0 amide bonds. The molecule has 0 saturated carbocycles. The van der Waals surface area contributed by atoms with Gasteiger partial charge in [0.2, 0.25) is 0 Å². The summed E-state index contributed by atoms with van der Waals surface area (Å²) in [4.78, 5) is 6.93. The quantitative estimate of drug-likeness (QED) is 0.772. The number of pyridine rings is 1. The fraction of sp³-hybridized carbons (Fsp3) is 0.722. The molecule has 124 valence electrons. The maximum absolute atomic E-state index is 9.58. The number of nitrogens with one attached hydrogen (secondary N) is 1. The molecular formula is C18H31N3O. The third-order valence-corrected chi connectivity index (χ3v) is 4.47. The van der Waals surface area contributed by atoms with Crippen molar-refractivity contribution < 1.29 is 5.11 Å². The van der Waals surface area contributed by atoms with Crippen LogP contribution in [0.25, 0.3) is 0 Å². The molecule has 4 heteroatoms. The van der Waals surface area contributed by atoms with Crippen LogP contribution < -0.4 is 5.32 Å². The van der Waals surface area contributed by atoms with Crippen LogP contribution in [-0.2, 0) is 6.42 Å². The van der Waals surface area contributed by atoms with E-state index in [0.29, 0.717) is 6.04 Å². The summed E-state index contributed by atoms with van der Waals surface area (Å²) in [6.07, 6.45) is 8.10. The van der Waals surface area contributed by atoms with Crippen LogP contribution in [0.3, 0.4) is 0 Å². The fourth-order valence-corrected chi connectivity index (χ4v) is 3.15. The Morgan fingerprint density at radius 1 is 1.23 bits per heavy atom. The largest absolute Gasteiger partial charge is 0.396 e. The van der Waals surface area contributed by atoms with E-state index < -0.39 is 0 Å². The maximum Gasteiger partial charge on any atom is 0.0475 e. The van der Waals surface area contributed by atoms with Crippen molar-refractivity contribution >= 4 is 0 Å². The van der Waals surface area contributed by atoms with Crippen LogP contribution in [0.15, 0.2) is 24.4 Å². The highest BCUT2D eigenvalue weighted by Crippen LogP contribution is 2.10. The molecule has 1 aliphatic heterocycles. The van der Waals surface area contributed by atoms with E-state index in [2.05, 4.69) is 22.1 Å². The van der Waals surface area contributed by atoms with Gasteiger partial charge in [0.15, 0.2) is 0 Å². The minimum atomic E-state index is 0.208. The van der Waals surface area contributed by atoms with Crippen molar-refractivity contribution in [1.29, 1.82) is 0 Å². The molecule has 1 fully saturated rings. The van der Waals surface area contributed by atoms with Gasteiger partial charge in [0, 0.05) is 37.6 Å². The normalized spacial score (nSPS) is 19.5. The van der Waals surface area contributed by atoms with Gasteiger partial charge in [-0.3, -0.25) is 4.98 Å². The second kappa shape index (κ2) is 9.93. The molecule has 1 saturated heterocycles. The number of hydrogen-bond acceptors (Lipinski definition) is 4. The number of likely N-dealkylation sites (tertiary alicyclic amines) is 1. The zero-order valence-corrected chi connectivity index (χ0v) is 13.9. The summed E-state index contributed by atoms with van der Waals surface area (Å²) in [6, 6.07) is 6.44. The third-order valence-electron chi connectivity index (χ3n) is 4.47. The minimum absolute atomic E-state index is 0.208. The van der Waals surface area contributed by atoms with Crippen molar-refractivity contribution in [2.24, 2.45) is 5.92 Å². The van der Waals surface area contributed by atoms with Crippen molar-refractivity contribution in [2.75, 3.05) is 32.8 Å². The van der Waals surface area contributed by atoms with E-state index in [1.807, 2.05) is 24.4 Å². The molecule has 0 spiro atoms. The Morgan fingerprint density at radius 3 is 2.64 bits per heavy atom. The van der Waals surface area contributed by atoms with Crippen molar-refractivity contribution in [2.45, 2.75) is 45.1 Å². The molecule has 0 unspecified atom stereocenters. The van der Waals surface area contributed by atoms with Crippen LogP contribution in [-0.4, -0.2) is 53.8 Å². The number of hydrogen-bond donors (Lipinski definition) is 2. The minimum Gasteiger partial charge on any atom is -0.396 e. The summed E-state index contributed by atoms with van der Waals surface area (Å²) in [7, 11) is 0. The summed E-state index contributed by atoms with van der Waals surface area (Å²) in [5.41, 5.74) is 1.06. The lowest BCUT2D eigenvalue weighted by Crippen LogP contribution is -2.42. The van der Waals surface area contributed by atoms with Gasteiger partial charge in [-0.2, -0.15) is 0 Å². The standard InChI is InChI=1S/C18H31N3O/c1-16(14-21-10-6-2-3-7-11-21)20-13-17(15-22)12-18-8-4-5-9-19-18/h4-5,8-9,16-17,20,22H,2-3,6-7,10-15H2,1H3/t16-,17+/m1/s1. The molecular weight excluding hydrogens is 274 g/mol. The van der Waals surface area contributed by atoms with Gasteiger partial charge in [-0.05, 0) is 57.3 Å². The summed E-state index contributed by atoms with van der Waals surface area (Å²) >= 11 is 0. The molecule has 2 heterocycles. The molecule has 0 aliphatic carbocycles. The molecule has 1 aromatic rings. The van der Waals surface area contributed by atoms with Crippen LogP contribution in [0.1, 0.15) is 38.3 Å². The summed E-state index contributed by atoms with van der Waals surface area (Å²) in [6.45, 7) is 6.90. The smallest absolute Gasteiger partial charge is 0.0475 e. The Labute approximate surface area is 134 Å². The highest BCUT2D eigenvalue weighted by molar-refractivity contribution is 5.04. The topological polar surface area (TPSA) is 48.4 Å². The average Bonchev–Trinajstić information content (AvgIpc) is 2.81. The van der Waals surface area contributed by atoms with E-state index in [1.165, 1.54) is 38.8 Å². The Kier molecular flexibility index (Phi) is 7.85. The Morgan fingerprint density at radius 2 is 2.00 bits per heavy atom. The summed E-state index contributed by atoms with van der Waals surface area (Å²) in [5, 5.41) is 13.2. The van der Waals surface area contributed by atoms with Crippen molar-refractivity contribution in [1.82, 2.24) is 15.2 Å². The predicted molar refractivity (Wildman–Crippen MR) is 90.9 cm³/mol. The molecule has 22 heavy (non-hydrogen) atoms. The molecule has 0 radical (unpaired) electrons. The Balaban J connectivity index is 1.70. The lowest BCUT2D eigenvalue weighted by molar-refractivity contribution is 0.207. The average molecular weight is 305 g/mol. The zero-order chi connectivity index (χ0) is 15.6. The van der Waals surface area contributed by atoms with E-state index in [1.54, 1.807) is 0 Å². The van der Waals surface area contributed by atoms with Gasteiger partial charge in [0.05, 0.1) is 0 Å². The molecule has 2 atom stereocenters. The lowest BCUT2D eigenvalue weighted by atomic mass is 10.0. The second-order valence-corrected chi connectivity index (χ2v) is 6.60. The molecule has 0 aromatic carbocycles. The monoisotopic (exact) mass is 305 g/mol. The second-order valence-electron chi connectivity index (χ2n) is 6.60. The third kappa shape index (κ3) is 6.42. The SMILES string of the molecule is C[C@H](CN1CCCCCC1)NC[C@@H](CO)Cc1ccccn1. The predicted octanol–water partition coefficient (Wildman–Crippen LogP) is 2.09. The molecule has 0 bridgehead atoms. The highest BCUT2D eigenvalue weighted by Gasteiger charge is 2.14. The van der Waals surface area contributed by atoms with Crippen LogP contribution in [0.2, 0.25) is 0 Å². The van der Waals surface area contributed by atoms with Crippen molar-refractivity contribution in [3.8, 4) is 0 Å². The number of aromatic nitrogens is 1. The number of rotatable bonds is 8. The first-order valence-electron chi connectivity index (χ1n) is 8.74. The number of nitrogens with zero attached hydrogens (tertiary/aromatic N) is 2. The van der Waals surface area contributed by atoms with Crippen LogP contribution >= 0.6 is 0 Å². The zero-order valence-electron chi connectivity index (χ0n) is 13.9. The van der Waals surface area contributed by atoms with E-state index in [-0.39, 0.29) is 12.5 Å². The van der Waals surface area contributed by atoms with Gasteiger partial charge < -0.3 is 15.3 Å². The lowest BCUT2D eigenvalue weighted by Gasteiger charge is -2.26. The number of aliphatic hydroxyl groups excluding tert-OH is 1. The van der Waals surface area contributed by atoms with Gasteiger partial charge in [-0.15, -0.1) is 0 Å². The van der Waals surface area contributed by atoms with Gasteiger partial charge in [0.1, 0.15) is 0 Å². The molecule has 2 rings (SSSR count). The Bertz CT molecular complexity index is 391. The number of aliphatic hydroxyl groups is 1. The van der Waals surface area contributed by atoms with E-state index in [0.717, 1.165) is 25.2 Å². The Hall–Kier alpha value is -0.970. The van der Waals surface area contributed by atoms with Gasteiger partial charge in [0.25, 0.3) is 0 Å². The van der Waals surface area contributed by atoms with E-state index in [9.17, 15) is 5.11 Å². The van der Waals surface area contributed by atoms with Crippen molar-refractivity contribution in [3.63, 3.8) is 0 Å². The first kappa shape index (κ1) is 17.4. The molecule has 1 aromatic heterocycles. The molecule has 4 nitrogen and oxygen atoms in total. The van der Waals surface area contributed by atoms with E-state index in [4.69, 9.17) is 0 Å². The fourth-order valence-electron chi connectivity index (χ4n) is 3.15.